The normalized spacial score (nSPS) is 18.0. The van der Waals surface area contributed by atoms with Crippen LogP contribution in [0.25, 0.3) is 11.1 Å². The highest BCUT2D eigenvalue weighted by Gasteiger charge is 2.35. The van der Waals surface area contributed by atoms with E-state index < -0.39 is 0 Å². The third kappa shape index (κ3) is 6.92. The van der Waals surface area contributed by atoms with Crippen LogP contribution in [0.1, 0.15) is 56.7 Å². The van der Waals surface area contributed by atoms with Crippen molar-refractivity contribution in [3.05, 3.63) is 113 Å². The molecule has 4 heterocycles. The van der Waals surface area contributed by atoms with E-state index >= 15 is 0 Å². The van der Waals surface area contributed by atoms with Crippen molar-refractivity contribution in [2.24, 2.45) is 9.98 Å². The summed E-state index contributed by atoms with van der Waals surface area (Å²) < 4.78 is 28.8. The Hall–Kier alpha value is -6.40. The van der Waals surface area contributed by atoms with E-state index in [1.807, 2.05) is 67.1 Å². The minimum Gasteiger partial charge on any atom is -0.497 e. The number of aliphatic imine (C=N–C) groups is 2. The number of rotatable bonds is 12. The molecule has 0 aromatic heterocycles. The average Bonchev–Trinajstić information content (AvgIpc) is 3.80. The number of amides is 2. The van der Waals surface area contributed by atoms with E-state index in [1.165, 1.54) is 14.2 Å². The molecule has 0 saturated carbocycles. The van der Waals surface area contributed by atoms with Gasteiger partial charge in [0.05, 0.1) is 75.7 Å². The minimum absolute atomic E-state index is 0.0193. The molecule has 4 aliphatic rings. The van der Waals surface area contributed by atoms with Crippen LogP contribution in [0.15, 0.2) is 95.2 Å². The highest BCUT2D eigenvalue weighted by Crippen LogP contribution is 2.42. The molecule has 1 N–H and O–H groups in total. The molecule has 8 rings (SSSR count). The first-order valence-electron chi connectivity index (χ1n) is 18.1. The van der Waals surface area contributed by atoms with Gasteiger partial charge in [0.2, 0.25) is 0 Å². The fraction of sp³-hybridized carbons (Fsp3) is 0.256. The molecular formula is C43H40N4O8. The molecule has 55 heavy (non-hydrogen) atoms. The van der Waals surface area contributed by atoms with Gasteiger partial charge in [-0.1, -0.05) is 36.4 Å². The van der Waals surface area contributed by atoms with Crippen molar-refractivity contribution in [2.75, 3.05) is 34.5 Å². The second kappa shape index (κ2) is 15.2. The fourth-order valence-corrected chi connectivity index (χ4v) is 7.19. The number of methoxy groups -OCH3 is 3. The second-order valence-corrected chi connectivity index (χ2v) is 13.5. The first kappa shape index (κ1) is 35.6. The second-order valence-electron chi connectivity index (χ2n) is 13.5. The standard InChI is InChI=1S/C43H40N4O8/c1-51-33-11-9-28(10-12-33)30-16-32-22-45-37-20-41(39(53-3)18-35(37)43(50)47(32)24-30)55-14-4-13-54-40-19-36-34(17-38(40)52-2)42(49)46-23-29(15-31(46)21-44-36)27-7-5-26(25-48)6-8-27/h5-12,17-24,31-32,48H,4,13-16,25H2,1-3H3/t31-,32-/m0/s1. The van der Waals surface area contributed by atoms with Gasteiger partial charge < -0.3 is 38.6 Å². The molecule has 4 aromatic carbocycles. The van der Waals surface area contributed by atoms with Crippen molar-refractivity contribution >= 4 is 46.8 Å². The zero-order valence-electron chi connectivity index (χ0n) is 30.7. The van der Waals surface area contributed by atoms with Crippen LogP contribution >= 0.6 is 0 Å². The quantitative estimate of drug-likeness (QED) is 0.154. The molecule has 2 atom stereocenters. The van der Waals surface area contributed by atoms with Gasteiger partial charge in [0, 0.05) is 56.2 Å². The summed E-state index contributed by atoms with van der Waals surface area (Å²) in [6, 6.07) is 21.9. The maximum absolute atomic E-state index is 13.7. The molecule has 12 heteroatoms. The van der Waals surface area contributed by atoms with Crippen LogP contribution in [0.2, 0.25) is 0 Å². The van der Waals surface area contributed by atoms with Gasteiger partial charge in [0.15, 0.2) is 23.0 Å². The maximum atomic E-state index is 13.7. The largest absolute Gasteiger partial charge is 0.497 e. The molecular weight excluding hydrogens is 700 g/mol. The number of carbonyl (C=O) groups is 2. The molecule has 4 aromatic rings. The Labute approximate surface area is 318 Å². The summed E-state index contributed by atoms with van der Waals surface area (Å²) in [7, 11) is 4.71. The van der Waals surface area contributed by atoms with Crippen molar-refractivity contribution in [1.82, 2.24) is 9.80 Å². The van der Waals surface area contributed by atoms with Crippen molar-refractivity contribution in [3.63, 3.8) is 0 Å². The van der Waals surface area contributed by atoms with Crippen molar-refractivity contribution < 1.29 is 38.4 Å². The summed E-state index contributed by atoms with van der Waals surface area (Å²) in [5.41, 5.74) is 6.80. The van der Waals surface area contributed by atoms with Crippen LogP contribution in [0.4, 0.5) is 11.4 Å². The summed E-state index contributed by atoms with van der Waals surface area (Å²) in [5, 5.41) is 9.39. The van der Waals surface area contributed by atoms with E-state index in [1.54, 1.807) is 47.4 Å². The predicted molar refractivity (Wildman–Crippen MR) is 208 cm³/mol. The van der Waals surface area contributed by atoms with Crippen molar-refractivity contribution in [3.8, 4) is 28.7 Å². The molecule has 2 amide bonds. The average molecular weight is 741 g/mol. The van der Waals surface area contributed by atoms with E-state index in [2.05, 4.69) is 4.99 Å². The Morgan fingerprint density at radius 1 is 0.636 bits per heavy atom. The van der Waals surface area contributed by atoms with Gasteiger partial charge in [-0.15, -0.1) is 0 Å². The van der Waals surface area contributed by atoms with Crippen LogP contribution in [-0.4, -0.2) is 85.8 Å². The van der Waals surface area contributed by atoms with Gasteiger partial charge in [-0.3, -0.25) is 19.6 Å². The first-order chi connectivity index (χ1) is 26.9. The fourth-order valence-electron chi connectivity index (χ4n) is 7.19. The summed E-state index contributed by atoms with van der Waals surface area (Å²) in [4.78, 5) is 40.3. The lowest BCUT2D eigenvalue weighted by atomic mass is 10.0. The predicted octanol–water partition coefficient (Wildman–Crippen LogP) is 7.00. The van der Waals surface area contributed by atoms with Gasteiger partial charge in [-0.25, -0.2) is 0 Å². The monoisotopic (exact) mass is 740 g/mol. The van der Waals surface area contributed by atoms with Crippen LogP contribution in [0.5, 0.6) is 28.7 Å². The number of hydrogen-bond acceptors (Lipinski definition) is 10. The molecule has 0 spiro atoms. The number of aliphatic hydroxyl groups excluding tert-OH is 1. The highest BCUT2D eigenvalue weighted by molar-refractivity contribution is 6.06. The number of carbonyl (C=O) groups excluding carboxylic acids is 2. The molecule has 0 radical (unpaired) electrons. The van der Waals surface area contributed by atoms with Crippen LogP contribution in [-0.2, 0) is 6.61 Å². The number of hydrogen-bond donors (Lipinski definition) is 1. The number of aliphatic hydroxyl groups is 1. The zero-order valence-corrected chi connectivity index (χ0v) is 30.7. The summed E-state index contributed by atoms with van der Waals surface area (Å²) in [6.45, 7) is 0.577. The van der Waals surface area contributed by atoms with E-state index in [0.717, 1.165) is 33.6 Å². The first-order valence-corrected chi connectivity index (χ1v) is 18.1. The number of ether oxygens (including phenoxy) is 5. The van der Waals surface area contributed by atoms with E-state index in [-0.39, 0.29) is 30.5 Å². The van der Waals surface area contributed by atoms with Gasteiger partial charge in [0.1, 0.15) is 5.75 Å². The summed E-state index contributed by atoms with van der Waals surface area (Å²) in [5.74, 6) is 2.23. The van der Waals surface area contributed by atoms with Crippen LogP contribution in [0.3, 0.4) is 0 Å². The molecule has 0 saturated heterocycles. The van der Waals surface area contributed by atoms with E-state index in [4.69, 9.17) is 28.7 Å². The summed E-state index contributed by atoms with van der Waals surface area (Å²) in [6.07, 6.45) is 9.17. The highest BCUT2D eigenvalue weighted by atomic mass is 16.5. The Morgan fingerprint density at radius 3 is 1.55 bits per heavy atom. The van der Waals surface area contributed by atoms with Gasteiger partial charge in [-0.2, -0.15) is 0 Å². The number of benzene rings is 4. The topological polar surface area (TPSA) is 132 Å². The zero-order chi connectivity index (χ0) is 38.1. The SMILES string of the molecule is COc1ccc(C2=CN3C(=O)c4cc(OC)c(OCCCOc5cc6c(cc5OC)C(=O)N5C=C(c7ccc(CO)cc7)C[C@H]5C=N6)cc4N=C[C@@H]3C2)cc1. The Balaban J connectivity index is 0.906. The lowest BCUT2D eigenvalue weighted by Crippen LogP contribution is -2.32. The minimum atomic E-state index is -0.222. The van der Waals surface area contributed by atoms with Gasteiger partial charge in [-0.05, 0) is 52.1 Å². The molecule has 4 aliphatic heterocycles. The number of fused-ring (bicyclic) bond motifs is 4. The summed E-state index contributed by atoms with van der Waals surface area (Å²) >= 11 is 0. The molecule has 0 bridgehead atoms. The van der Waals surface area contributed by atoms with Crippen LogP contribution < -0.4 is 23.7 Å². The van der Waals surface area contributed by atoms with E-state index in [0.29, 0.717) is 78.0 Å². The van der Waals surface area contributed by atoms with E-state index in [9.17, 15) is 14.7 Å². The van der Waals surface area contributed by atoms with Gasteiger partial charge in [0.25, 0.3) is 11.8 Å². The lowest BCUT2D eigenvalue weighted by molar-refractivity contribution is 0.0809. The molecule has 0 unspecified atom stereocenters. The molecule has 12 nitrogen and oxygen atoms in total. The smallest absolute Gasteiger partial charge is 0.260 e. The van der Waals surface area contributed by atoms with Gasteiger partial charge >= 0.3 is 0 Å². The third-order valence-corrected chi connectivity index (χ3v) is 10.2. The maximum Gasteiger partial charge on any atom is 0.260 e. The van der Waals surface area contributed by atoms with Crippen molar-refractivity contribution in [1.29, 1.82) is 0 Å². The van der Waals surface area contributed by atoms with Crippen LogP contribution in [0, 0.1) is 0 Å². The Morgan fingerprint density at radius 2 is 1.11 bits per heavy atom. The molecule has 280 valence electrons. The molecule has 0 fully saturated rings. The Bertz CT molecular complexity index is 2100. The lowest BCUT2D eigenvalue weighted by Gasteiger charge is -2.19. The van der Waals surface area contributed by atoms with Crippen molar-refractivity contribution in [2.45, 2.75) is 38.0 Å². The Kier molecular flexibility index (Phi) is 9.81. The molecule has 0 aliphatic carbocycles. The number of nitrogens with zero attached hydrogens (tertiary/aromatic N) is 4. The third-order valence-electron chi connectivity index (χ3n) is 10.2.